The summed E-state index contributed by atoms with van der Waals surface area (Å²) in [6.45, 7) is 7.43. The third kappa shape index (κ3) is 2.72. The van der Waals surface area contributed by atoms with Crippen LogP contribution in [0.25, 0.3) is 0 Å². The highest BCUT2D eigenvalue weighted by Gasteiger charge is 2.42. The zero-order valence-electron chi connectivity index (χ0n) is 11.6. The molecule has 2 rings (SSSR count). The number of rotatable bonds is 4. The van der Waals surface area contributed by atoms with Crippen LogP contribution in [-0.2, 0) is 16.2 Å². The molecule has 0 aromatic carbocycles. The van der Waals surface area contributed by atoms with Gasteiger partial charge in [0.25, 0.3) is 0 Å². The van der Waals surface area contributed by atoms with Gasteiger partial charge in [0.2, 0.25) is 0 Å². The first-order valence-corrected chi connectivity index (χ1v) is 7.29. The molecule has 1 aliphatic carbocycles. The van der Waals surface area contributed by atoms with E-state index in [-0.39, 0.29) is 5.60 Å². The van der Waals surface area contributed by atoms with Gasteiger partial charge in [-0.05, 0) is 38.0 Å². The van der Waals surface area contributed by atoms with Crippen molar-refractivity contribution >= 4 is 11.6 Å². The number of alkyl halides is 1. The molecule has 1 saturated carbocycles. The summed E-state index contributed by atoms with van der Waals surface area (Å²) in [7, 11) is 0. The smallest absolute Gasteiger partial charge is 0.138 e. The third-order valence-corrected chi connectivity index (χ3v) is 4.32. The zero-order valence-corrected chi connectivity index (χ0v) is 12.3. The Hall–Kier alpha value is -0.540. The van der Waals surface area contributed by atoms with Crippen molar-refractivity contribution < 1.29 is 4.74 Å². The number of nitrogens with zero attached hydrogens (tertiary/aromatic N) is 1. The summed E-state index contributed by atoms with van der Waals surface area (Å²) < 4.78 is 6.07. The Morgan fingerprint density at radius 2 is 2.00 bits per heavy atom. The summed E-state index contributed by atoms with van der Waals surface area (Å²) in [6, 6.07) is 0. The standard InChI is InChI=1S/C14H23ClN2O/c1-4-18-14(7-5-13(2,3)6-8-14)12-16-10-11(9-15)17-12/h10H,4-9H2,1-3H3,(H,16,17). The van der Waals surface area contributed by atoms with Gasteiger partial charge in [-0.1, -0.05) is 13.8 Å². The second-order valence-corrected chi connectivity index (χ2v) is 6.25. The molecule has 1 N–H and O–H groups in total. The molecular formula is C14H23ClN2O. The molecule has 1 fully saturated rings. The van der Waals surface area contributed by atoms with Crippen LogP contribution in [0.15, 0.2) is 6.20 Å². The number of aromatic amines is 1. The van der Waals surface area contributed by atoms with Gasteiger partial charge < -0.3 is 9.72 Å². The van der Waals surface area contributed by atoms with Gasteiger partial charge in [-0.25, -0.2) is 4.98 Å². The van der Waals surface area contributed by atoms with Crippen LogP contribution in [-0.4, -0.2) is 16.6 Å². The lowest BCUT2D eigenvalue weighted by Crippen LogP contribution is -2.38. The first-order valence-electron chi connectivity index (χ1n) is 6.76. The highest BCUT2D eigenvalue weighted by atomic mass is 35.5. The Kier molecular flexibility index (Phi) is 4.02. The summed E-state index contributed by atoms with van der Waals surface area (Å²) in [5.41, 5.74) is 1.16. The van der Waals surface area contributed by atoms with Crippen LogP contribution in [0.3, 0.4) is 0 Å². The van der Waals surface area contributed by atoms with Crippen molar-refractivity contribution in [3.05, 3.63) is 17.7 Å². The van der Waals surface area contributed by atoms with Crippen LogP contribution >= 0.6 is 11.6 Å². The van der Waals surface area contributed by atoms with Gasteiger partial charge in [-0.15, -0.1) is 11.6 Å². The maximum absolute atomic E-state index is 6.07. The molecule has 1 aliphatic rings. The van der Waals surface area contributed by atoms with Gasteiger partial charge in [-0.2, -0.15) is 0 Å². The van der Waals surface area contributed by atoms with Crippen LogP contribution in [0.4, 0.5) is 0 Å². The number of aromatic nitrogens is 2. The van der Waals surface area contributed by atoms with E-state index in [4.69, 9.17) is 16.3 Å². The van der Waals surface area contributed by atoms with Gasteiger partial charge in [0.05, 0.1) is 5.88 Å². The summed E-state index contributed by atoms with van der Waals surface area (Å²) in [5.74, 6) is 1.43. The summed E-state index contributed by atoms with van der Waals surface area (Å²) in [5, 5.41) is 0. The molecule has 0 aliphatic heterocycles. The van der Waals surface area contributed by atoms with Crippen molar-refractivity contribution in [1.29, 1.82) is 0 Å². The predicted octanol–water partition coefficient (Wildman–Crippen LogP) is 3.98. The number of H-pyrrole nitrogens is 1. The van der Waals surface area contributed by atoms with Crippen molar-refractivity contribution in [2.45, 2.75) is 57.9 Å². The summed E-state index contributed by atoms with van der Waals surface area (Å²) in [4.78, 5) is 7.80. The first kappa shape index (κ1) is 13.9. The minimum absolute atomic E-state index is 0.228. The Bertz CT molecular complexity index is 390. The maximum Gasteiger partial charge on any atom is 0.138 e. The van der Waals surface area contributed by atoms with Crippen LogP contribution in [0.1, 0.15) is 58.0 Å². The molecular weight excluding hydrogens is 248 g/mol. The van der Waals surface area contributed by atoms with Gasteiger partial charge in [0, 0.05) is 18.5 Å². The Labute approximate surface area is 114 Å². The maximum atomic E-state index is 6.07. The Morgan fingerprint density at radius 1 is 1.33 bits per heavy atom. The summed E-state index contributed by atoms with van der Waals surface area (Å²) >= 11 is 5.83. The topological polar surface area (TPSA) is 37.9 Å². The van der Waals surface area contributed by atoms with E-state index in [0.717, 1.165) is 31.0 Å². The summed E-state index contributed by atoms with van der Waals surface area (Å²) in [6.07, 6.45) is 6.23. The van der Waals surface area contributed by atoms with Crippen LogP contribution in [0, 0.1) is 5.41 Å². The van der Waals surface area contributed by atoms with E-state index in [1.807, 2.05) is 13.1 Å². The molecule has 0 saturated heterocycles. The normalized spacial score (nSPS) is 22.0. The molecule has 0 spiro atoms. The number of nitrogens with one attached hydrogen (secondary N) is 1. The van der Waals surface area contributed by atoms with Crippen molar-refractivity contribution in [2.75, 3.05) is 6.61 Å². The van der Waals surface area contributed by atoms with E-state index in [1.54, 1.807) is 0 Å². The molecule has 18 heavy (non-hydrogen) atoms. The molecule has 0 radical (unpaired) electrons. The molecule has 0 unspecified atom stereocenters. The Balaban J connectivity index is 2.22. The minimum atomic E-state index is -0.228. The van der Waals surface area contributed by atoms with Crippen molar-refractivity contribution in [2.24, 2.45) is 5.41 Å². The SMILES string of the molecule is CCOC1(c2ncc(CCl)[nH]2)CCC(C)(C)CC1. The largest absolute Gasteiger partial charge is 0.367 e. The molecule has 3 nitrogen and oxygen atoms in total. The fourth-order valence-corrected chi connectivity index (χ4v) is 2.85. The molecule has 1 heterocycles. The number of halogens is 1. The second kappa shape index (κ2) is 5.22. The molecule has 102 valence electrons. The Morgan fingerprint density at radius 3 is 2.50 bits per heavy atom. The van der Waals surface area contributed by atoms with E-state index in [1.165, 1.54) is 12.8 Å². The van der Waals surface area contributed by atoms with E-state index in [9.17, 15) is 0 Å². The monoisotopic (exact) mass is 270 g/mol. The van der Waals surface area contributed by atoms with Gasteiger partial charge in [-0.3, -0.25) is 0 Å². The van der Waals surface area contributed by atoms with Gasteiger partial charge in [0.1, 0.15) is 11.4 Å². The highest BCUT2D eigenvalue weighted by molar-refractivity contribution is 6.16. The van der Waals surface area contributed by atoms with Crippen LogP contribution in [0.2, 0.25) is 0 Å². The lowest BCUT2D eigenvalue weighted by molar-refractivity contribution is -0.0943. The van der Waals surface area contributed by atoms with Crippen molar-refractivity contribution in [3.8, 4) is 0 Å². The lowest BCUT2D eigenvalue weighted by Gasteiger charge is -2.42. The molecule has 4 heteroatoms. The van der Waals surface area contributed by atoms with Crippen molar-refractivity contribution in [1.82, 2.24) is 9.97 Å². The minimum Gasteiger partial charge on any atom is -0.367 e. The quantitative estimate of drug-likeness (QED) is 0.841. The number of ether oxygens (including phenoxy) is 1. The van der Waals surface area contributed by atoms with Crippen molar-refractivity contribution in [3.63, 3.8) is 0 Å². The molecule has 1 aromatic rings. The second-order valence-electron chi connectivity index (χ2n) is 5.98. The fourth-order valence-electron chi connectivity index (χ4n) is 2.71. The third-order valence-electron chi connectivity index (χ3n) is 4.04. The number of hydrogen-bond acceptors (Lipinski definition) is 2. The van der Waals surface area contributed by atoms with E-state index < -0.39 is 0 Å². The van der Waals surface area contributed by atoms with Gasteiger partial charge >= 0.3 is 0 Å². The predicted molar refractivity (Wildman–Crippen MR) is 73.7 cm³/mol. The average molecular weight is 271 g/mol. The molecule has 1 aromatic heterocycles. The van der Waals surface area contributed by atoms with E-state index >= 15 is 0 Å². The molecule has 0 bridgehead atoms. The lowest BCUT2D eigenvalue weighted by atomic mass is 9.70. The fraction of sp³-hybridized carbons (Fsp3) is 0.786. The zero-order chi connectivity index (χ0) is 13.2. The first-order chi connectivity index (χ1) is 8.51. The van der Waals surface area contributed by atoms with Crippen LogP contribution < -0.4 is 0 Å². The highest BCUT2D eigenvalue weighted by Crippen LogP contribution is 2.46. The number of hydrogen-bond donors (Lipinski definition) is 1. The molecule has 0 amide bonds. The van der Waals surface area contributed by atoms with Gasteiger partial charge in [0.15, 0.2) is 0 Å². The van der Waals surface area contributed by atoms with E-state index in [0.29, 0.717) is 11.3 Å². The number of imidazole rings is 1. The van der Waals surface area contributed by atoms with E-state index in [2.05, 4.69) is 23.8 Å². The average Bonchev–Trinajstić information content (AvgIpc) is 2.82. The molecule has 0 atom stereocenters. The van der Waals surface area contributed by atoms with Crippen LogP contribution in [0.5, 0.6) is 0 Å².